The van der Waals surface area contributed by atoms with E-state index in [-0.39, 0.29) is 11.5 Å². The average molecular weight is 482 g/mol. The number of anilines is 1. The predicted molar refractivity (Wildman–Crippen MR) is 127 cm³/mol. The highest BCUT2D eigenvalue weighted by Crippen LogP contribution is 2.23. The van der Waals surface area contributed by atoms with E-state index >= 15 is 0 Å². The van der Waals surface area contributed by atoms with E-state index in [1.54, 1.807) is 72.8 Å². The lowest BCUT2D eigenvalue weighted by atomic mass is 10.2. The van der Waals surface area contributed by atoms with E-state index in [4.69, 9.17) is 4.74 Å². The molecule has 0 saturated heterocycles. The second-order valence-corrected chi connectivity index (χ2v) is 8.75. The van der Waals surface area contributed by atoms with Crippen molar-refractivity contribution in [3.05, 3.63) is 90.5 Å². The van der Waals surface area contributed by atoms with Crippen molar-refractivity contribution in [1.29, 1.82) is 0 Å². The highest BCUT2D eigenvalue weighted by molar-refractivity contribution is 7.92. The first-order chi connectivity index (χ1) is 16.4. The minimum absolute atomic E-state index is 0.0684. The Morgan fingerprint density at radius 2 is 1.65 bits per heavy atom. The fourth-order valence-electron chi connectivity index (χ4n) is 2.86. The minimum atomic E-state index is -3.98. The van der Waals surface area contributed by atoms with E-state index in [1.165, 1.54) is 25.5 Å². The van der Waals surface area contributed by atoms with Crippen molar-refractivity contribution >= 4 is 33.8 Å². The number of carbonyl (C=O) groups is 2. The molecule has 0 aliphatic heterocycles. The molecule has 10 heteroatoms. The Labute approximate surface area is 197 Å². The lowest BCUT2D eigenvalue weighted by molar-refractivity contribution is -0.142. The highest BCUT2D eigenvalue weighted by Gasteiger charge is 2.26. The normalized spacial score (nSPS) is 11.1. The number of ether oxygens (including phenoxy) is 2. The number of amides is 1. The number of esters is 1. The van der Waals surface area contributed by atoms with Crippen molar-refractivity contribution < 1.29 is 27.5 Å². The maximum absolute atomic E-state index is 13.2. The third-order valence-electron chi connectivity index (χ3n) is 4.51. The number of nitrogens with one attached hydrogen (secondary N) is 1. The molecule has 0 unspecified atom stereocenters. The van der Waals surface area contributed by atoms with Crippen LogP contribution in [0.1, 0.15) is 5.56 Å². The molecule has 0 aliphatic rings. The van der Waals surface area contributed by atoms with Gasteiger partial charge in [0.1, 0.15) is 12.3 Å². The maximum Gasteiger partial charge on any atom is 0.343 e. The summed E-state index contributed by atoms with van der Waals surface area (Å²) in [6.07, 6.45) is 1.38. The van der Waals surface area contributed by atoms with Gasteiger partial charge in [0.05, 0.1) is 23.9 Å². The quantitative estimate of drug-likeness (QED) is 0.270. The van der Waals surface area contributed by atoms with Gasteiger partial charge in [0, 0.05) is 0 Å². The maximum atomic E-state index is 13.2. The Morgan fingerprint density at radius 1 is 0.971 bits per heavy atom. The number of carbonyl (C=O) groups excluding carboxylic acids is 2. The molecule has 1 N–H and O–H groups in total. The number of methoxy groups -OCH3 is 1. The first kappa shape index (κ1) is 24.5. The molecule has 0 fully saturated rings. The number of hydrogen-bond donors (Lipinski definition) is 1. The molecule has 0 aromatic heterocycles. The predicted octanol–water partition coefficient (Wildman–Crippen LogP) is 2.58. The van der Waals surface area contributed by atoms with Crippen molar-refractivity contribution in [3.63, 3.8) is 0 Å². The van der Waals surface area contributed by atoms with E-state index in [0.717, 1.165) is 4.31 Å². The number of hydrogen-bond acceptors (Lipinski definition) is 7. The van der Waals surface area contributed by atoms with Crippen molar-refractivity contribution in [2.24, 2.45) is 5.10 Å². The van der Waals surface area contributed by atoms with E-state index in [2.05, 4.69) is 15.3 Å². The molecule has 3 rings (SSSR count). The molecule has 9 nitrogen and oxygen atoms in total. The summed E-state index contributed by atoms with van der Waals surface area (Å²) in [5, 5.41) is 3.90. The van der Waals surface area contributed by atoms with Gasteiger partial charge in [0.15, 0.2) is 6.61 Å². The first-order valence-electron chi connectivity index (χ1n) is 10.1. The van der Waals surface area contributed by atoms with Gasteiger partial charge >= 0.3 is 5.97 Å². The Hall–Kier alpha value is -4.18. The summed E-state index contributed by atoms with van der Waals surface area (Å²) in [6, 6.07) is 22.9. The third-order valence-corrected chi connectivity index (χ3v) is 6.30. The lowest BCUT2D eigenvalue weighted by Gasteiger charge is -2.23. The molecule has 0 saturated carbocycles. The van der Waals surface area contributed by atoms with Crippen LogP contribution >= 0.6 is 0 Å². The fraction of sp³-hybridized carbons (Fsp3) is 0.125. The van der Waals surface area contributed by atoms with Gasteiger partial charge in [-0.2, -0.15) is 5.10 Å². The largest absolute Gasteiger partial charge is 0.482 e. The second-order valence-electron chi connectivity index (χ2n) is 6.89. The van der Waals surface area contributed by atoms with Crippen LogP contribution in [0.25, 0.3) is 0 Å². The average Bonchev–Trinajstić information content (AvgIpc) is 2.87. The van der Waals surface area contributed by atoms with Crippen LogP contribution in [0.15, 0.2) is 94.9 Å². The van der Waals surface area contributed by atoms with Crippen molar-refractivity contribution in [1.82, 2.24) is 5.43 Å². The summed E-state index contributed by atoms with van der Waals surface area (Å²) in [5.41, 5.74) is 3.29. The van der Waals surface area contributed by atoms with Crippen LogP contribution in [-0.2, 0) is 24.3 Å². The number of para-hydroxylation sites is 1. The smallest absolute Gasteiger partial charge is 0.343 e. The van der Waals surface area contributed by atoms with Crippen LogP contribution < -0.4 is 14.5 Å². The van der Waals surface area contributed by atoms with Crippen LogP contribution in [0.4, 0.5) is 5.69 Å². The Bertz CT molecular complexity index is 1250. The van der Waals surface area contributed by atoms with Gasteiger partial charge in [-0.15, -0.1) is 0 Å². The zero-order chi connectivity index (χ0) is 24.4. The molecule has 176 valence electrons. The van der Waals surface area contributed by atoms with Gasteiger partial charge < -0.3 is 9.47 Å². The molecule has 34 heavy (non-hydrogen) atoms. The number of sulfonamides is 1. The molecular weight excluding hydrogens is 458 g/mol. The first-order valence-corrected chi connectivity index (χ1v) is 11.6. The summed E-state index contributed by atoms with van der Waals surface area (Å²) in [6.45, 7) is -0.708. The number of rotatable bonds is 10. The molecule has 0 heterocycles. The number of benzene rings is 3. The summed E-state index contributed by atoms with van der Waals surface area (Å²) in [5.74, 6) is -0.720. The Balaban J connectivity index is 1.70. The zero-order valence-corrected chi connectivity index (χ0v) is 19.1. The highest BCUT2D eigenvalue weighted by atomic mass is 32.2. The van der Waals surface area contributed by atoms with E-state index in [0.29, 0.717) is 17.0 Å². The third kappa shape index (κ3) is 6.66. The van der Waals surface area contributed by atoms with Gasteiger partial charge in [-0.05, 0) is 42.0 Å². The topological polar surface area (TPSA) is 114 Å². The van der Waals surface area contributed by atoms with Crippen LogP contribution in [0.3, 0.4) is 0 Å². The molecule has 3 aromatic rings. The van der Waals surface area contributed by atoms with Gasteiger partial charge in [-0.1, -0.05) is 48.5 Å². The van der Waals surface area contributed by atoms with Gasteiger partial charge in [0.2, 0.25) is 0 Å². The Kier molecular flexibility index (Phi) is 8.36. The van der Waals surface area contributed by atoms with Crippen molar-refractivity contribution in [3.8, 4) is 5.75 Å². The fourth-order valence-corrected chi connectivity index (χ4v) is 4.30. The lowest BCUT2D eigenvalue weighted by Crippen LogP contribution is -2.39. The summed E-state index contributed by atoms with van der Waals surface area (Å²) in [4.78, 5) is 23.8. The number of nitrogens with zero attached hydrogens (tertiary/aromatic N) is 2. The van der Waals surface area contributed by atoms with Crippen LogP contribution in [-0.4, -0.2) is 46.8 Å². The monoisotopic (exact) mass is 481 g/mol. The molecule has 3 aromatic carbocycles. The molecule has 0 atom stereocenters. The van der Waals surface area contributed by atoms with Gasteiger partial charge in [-0.25, -0.2) is 18.6 Å². The second kappa shape index (κ2) is 11.6. The summed E-state index contributed by atoms with van der Waals surface area (Å²) >= 11 is 0. The molecule has 0 bridgehead atoms. The number of hydrazone groups is 1. The van der Waals surface area contributed by atoms with Crippen LogP contribution in [0.2, 0.25) is 0 Å². The zero-order valence-electron chi connectivity index (χ0n) is 18.3. The molecule has 0 spiro atoms. The van der Waals surface area contributed by atoms with Crippen LogP contribution in [0.5, 0.6) is 5.75 Å². The SMILES string of the molecule is COC(=O)COc1cccc(/C=N/NC(=O)CN(c2ccccc2)S(=O)(=O)c2ccccc2)c1. The standard InChI is InChI=1S/C24H23N3O6S/c1-32-24(29)18-33-21-12-8-9-19(15-21)16-25-26-23(28)17-27(20-10-4-2-5-11-20)34(30,31)22-13-6-3-7-14-22/h2-16H,17-18H2,1H3,(H,26,28)/b25-16+. The van der Waals surface area contributed by atoms with E-state index in [9.17, 15) is 18.0 Å². The van der Waals surface area contributed by atoms with Crippen LogP contribution in [0, 0.1) is 0 Å². The summed E-state index contributed by atoms with van der Waals surface area (Å²) in [7, 11) is -2.72. The van der Waals surface area contributed by atoms with E-state index < -0.39 is 28.4 Å². The molecule has 0 radical (unpaired) electrons. The van der Waals surface area contributed by atoms with Gasteiger partial charge in [0.25, 0.3) is 15.9 Å². The molecular formula is C24H23N3O6S. The molecule has 0 aliphatic carbocycles. The Morgan fingerprint density at radius 3 is 2.32 bits per heavy atom. The van der Waals surface area contributed by atoms with Gasteiger partial charge in [-0.3, -0.25) is 9.10 Å². The van der Waals surface area contributed by atoms with E-state index in [1.807, 2.05) is 0 Å². The molecule has 1 amide bonds. The van der Waals surface area contributed by atoms with Crippen molar-refractivity contribution in [2.45, 2.75) is 4.90 Å². The minimum Gasteiger partial charge on any atom is -0.482 e. The summed E-state index contributed by atoms with van der Waals surface area (Å²) < 4.78 is 37.2. The van der Waals surface area contributed by atoms with Crippen molar-refractivity contribution in [2.75, 3.05) is 24.6 Å².